The summed E-state index contributed by atoms with van der Waals surface area (Å²) in [5.41, 5.74) is 1.34. The van der Waals surface area contributed by atoms with E-state index in [1.165, 1.54) is 31.9 Å². The predicted octanol–water partition coefficient (Wildman–Crippen LogP) is 4.04. The summed E-state index contributed by atoms with van der Waals surface area (Å²) in [6.07, 6.45) is 0. The molecule has 7 nitrogen and oxygen atoms in total. The van der Waals surface area contributed by atoms with Crippen LogP contribution in [-0.4, -0.2) is 23.7 Å². The first-order valence-electron chi connectivity index (χ1n) is 7.23. The van der Waals surface area contributed by atoms with E-state index in [4.69, 9.17) is 4.74 Å². The van der Waals surface area contributed by atoms with Gasteiger partial charge in [-0.25, -0.2) is 4.79 Å². The summed E-state index contributed by atoms with van der Waals surface area (Å²) in [5.74, 6) is -0.255. The van der Waals surface area contributed by atoms with Crippen molar-refractivity contribution in [1.29, 1.82) is 0 Å². The molecule has 0 spiro atoms. The average molecular weight is 360 g/mol. The summed E-state index contributed by atoms with van der Waals surface area (Å²) in [6.45, 7) is 3.03. The van der Waals surface area contributed by atoms with Gasteiger partial charge >= 0.3 is 11.7 Å². The maximum Gasteiger partial charge on any atom is 0.331 e. The molecule has 2 aromatic carbocycles. The van der Waals surface area contributed by atoms with Crippen molar-refractivity contribution >= 4 is 29.1 Å². The van der Waals surface area contributed by atoms with Gasteiger partial charge in [-0.05, 0) is 30.7 Å². The van der Waals surface area contributed by atoms with Crippen LogP contribution in [0.25, 0.3) is 0 Å². The third-order valence-corrected chi connectivity index (χ3v) is 4.16. The molecular formula is C17H16N2O5S. The summed E-state index contributed by atoms with van der Waals surface area (Å²) in [5, 5.41) is 14.7. The molecule has 0 saturated heterocycles. The monoisotopic (exact) mass is 360 g/mol. The average Bonchev–Trinajstić information content (AvgIpc) is 2.59. The second kappa shape index (κ2) is 8.29. The second-order valence-corrected chi connectivity index (χ2v) is 6.12. The molecule has 0 atom stereocenters. The molecule has 0 aromatic heterocycles. The van der Waals surface area contributed by atoms with Crippen molar-refractivity contribution in [3.05, 3.63) is 58.1 Å². The quantitative estimate of drug-likeness (QED) is 0.334. The molecule has 130 valence electrons. The Kier molecular flexibility index (Phi) is 6.13. The maximum atomic E-state index is 10.9. The van der Waals surface area contributed by atoms with Crippen LogP contribution in [0.4, 0.5) is 5.69 Å². The van der Waals surface area contributed by atoms with E-state index in [0.29, 0.717) is 5.71 Å². The Morgan fingerprint density at radius 1 is 1.12 bits per heavy atom. The van der Waals surface area contributed by atoms with Gasteiger partial charge in [0.15, 0.2) is 5.75 Å². The van der Waals surface area contributed by atoms with Crippen LogP contribution in [0.5, 0.6) is 5.75 Å². The van der Waals surface area contributed by atoms with Crippen LogP contribution in [0, 0.1) is 10.1 Å². The molecule has 0 heterocycles. The van der Waals surface area contributed by atoms with Crippen LogP contribution in [0.3, 0.4) is 0 Å². The summed E-state index contributed by atoms with van der Waals surface area (Å²) >= 11 is 1.45. The molecule has 0 aliphatic heterocycles. The summed E-state index contributed by atoms with van der Waals surface area (Å²) in [6, 6.07) is 12.2. The lowest BCUT2D eigenvalue weighted by molar-refractivity contribution is -0.385. The lowest BCUT2D eigenvalue weighted by atomic mass is 10.1. The highest BCUT2D eigenvalue weighted by molar-refractivity contribution is 7.99. The number of benzene rings is 2. The van der Waals surface area contributed by atoms with Gasteiger partial charge in [-0.15, -0.1) is 0 Å². The van der Waals surface area contributed by atoms with E-state index < -0.39 is 10.9 Å². The first-order valence-corrected chi connectivity index (χ1v) is 8.05. The van der Waals surface area contributed by atoms with Gasteiger partial charge in [-0.3, -0.25) is 10.1 Å². The summed E-state index contributed by atoms with van der Waals surface area (Å²) < 4.78 is 5.07. The lowest BCUT2D eigenvalue weighted by Crippen LogP contribution is -1.99. The van der Waals surface area contributed by atoms with Gasteiger partial charge in [0.1, 0.15) is 0 Å². The number of nitro benzene ring substituents is 1. The van der Waals surface area contributed by atoms with E-state index in [1.807, 2.05) is 24.3 Å². The Hall–Kier alpha value is -2.87. The molecule has 2 aromatic rings. The van der Waals surface area contributed by atoms with Crippen molar-refractivity contribution in [2.45, 2.75) is 23.6 Å². The van der Waals surface area contributed by atoms with Gasteiger partial charge in [0.05, 0.1) is 17.7 Å². The Morgan fingerprint density at radius 2 is 1.76 bits per heavy atom. The van der Waals surface area contributed by atoms with E-state index in [0.717, 1.165) is 15.4 Å². The molecule has 2 rings (SSSR count). The molecule has 0 saturated carbocycles. The third-order valence-electron chi connectivity index (χ3n) is 3.17. The van der Waals surface area contributed by atoms with E-state index in [9.17, 15) is 14.9 Å². The minimum atomic E-state index is -0.479. The van der Waals surface area contributed by atoms with Crippen LogP contribution < -0.4 is 4.74 Å². The fourth-order valence-electron chi connectivity index (χ4n) is 1.96. The number of nitrogens with zero attached hydrogens (tertiary/aromatic N) is 2. The number of carbonyl (C=O) groups excluding carboxylic acids is 1. The molecule has 0 fully saturated rings. The molecule has 0 unspecified atom stereocenters. The van der Waals surface area contributed by atoms with Crippen molar-refractivity contribution in [3.63, 3.8) is 0 Å². The molecule has 0 N–H and O–H groups in total. The number of ether oxygens (including phenoxy) is 1. The molecule has 0 aliphatic carbocycles. The van der Waals surface area contributed by atoms with E-state index in [2.05, 4.69) is 9.99 Å². The zero-order valence-electron chi connectivity index (χ0n) is 13.9. The smallest absolute Gasteiger partial charge is 0.331 e. The van der Waals surface area contributed by atoms with Gasteiger partial charge in [-0.1, -0.05) is 29.1 Å². The van der Waals surface area contributed by atoms with Crippen LogP contribution >= 0.6 is 11.8 Å². The minimum Gasteiger partial charge on any atom is -0.490 e. The predicted molar refractivity (Wildman–Crippen MR) is 94.2 cm³/mol. The molecular weight excluding hydrogens is 344 g/mol. The van der Waals surface area contributed by atoms with Crippen LogP contribution in [0.15, 0.2) is 57.4 Å². The number of hydrogen-bond acceptors (Lipinski definition) is 7. The zero-order chi connectivity index (χ0) is 18.4. The summed E-state index contributed by atoms with van der Waals surface area (Å²) in [7, 11) is 1.40. The number of oxime groups is 1. The normalized spacial score (nSPS) is 11.1. The van der Waals surface area contributed by atoms with E-state index in [-0.39, 0.29) is 11.4 Å². The highest BCUT2D eigenvalue weighted by Gasteiger charge is 2.15. The van der Waals surface area contributed by atoms with Crippen LogP contribution in [0.2, 0.25) is 0 Å². The highest BCUT2D eigenvalue weighted by atomic mass is 32.2. The van der Waals surface area contributed by atoms with Crippen molar-refractivity contribution in [3.8, 4) is 5.75 Å². The van der Waals surface area contributed by atoms with Gasteiger partial charge in [0.2, 0.25) is 0 Å². The van der Waals surface area contributed by atoms with E-state index >= 15 is 0 Å². The molecule has 8 heteroatoms. The van der Waals surface area contributed by atoms with Crippen LogP contribution in [-0.2, 0) is 9.63 Å². The van der Waals surface area contributed by atoms with Gasteiger partial charge in [0, 0.05) is 28.8 Å². The standard InChI is InChI=1S/C17H16N2O5S/c1-11(18-24-12(2)20)13-4-6-14(7-5-13)25-15-8-9-16(19(21)22)17(10-15)23-3/h4-10H,1-3H3/b18-11+. The molecule has 0 amide bonds. The molecule has 0 aliphatic rings. The Morgan fingerprint density at radius 3 is 2.32 bits per heavy atom. The fraction of sp³-hybridized carbons (Fsp3) is 0.176. The number of methoxy groups -OCH3 is 1. The number of hydrogen-bond donors (Lipinski definition) is 0. The minimum absolute atomic E-state index is 0.0699. The first-order chi connectivity index (χ1) is 11.9. The van der Waals surface area contributed by atoms with E-state index in [1.54, 1.807) is 19.1 Å². The topological polar surface area (TPSA) is 91.0 Å². The zero-order valence-corrected chi connectivity index (χ0v) is 14.7. The SMILES string of the molecule is COc1cc(Sc2ccc(/C(C)=N/OC(C)=O)cc2)ccc1[N+](=O)[O-]. The Bertz CT molecular complexity index is 818. The third kappa shape index (κ3) is 5.05. The van der Waals surface area contributed by atoms with Crippen LogP contribution in [0.1, 0.15) is 19.4 Å². The fourth-order valence-corrected chi connectivity index (χ4v) is 2.80. The first kappa shape index (κ1) is 18.5. The van der Waals surface area contributed by atoms with Gasteiger partial charge in [-0.2, -0.15) is 0 Å². The van der Waals surface area contributed by atoms with Gasteiger partial charge in [0.25, 0.3) is 0 Å². The van der Waals surface area contributed by atoms with Crippen molar-refractivity contribution in [2.24, 2.45) is 5.16 Å². The second-order valence-electron chi connectivity index (χ2n) is 4.98. The number of rotatable bonds is 6. The Labute approximate surface area is 148 Å². The Balaban J connectivity index is 2.15. The molecule has 25 heavy (non-hydrogen) atoms. The number of carbonyl (C=O) groups is 1. The molecule has 0 radical (unpaired) electrons. The van der Waals surface area contributed by atoms with Gasteiger partial charge < -0.3 is 9.57 Å². The van der Waals surface area contributed by atoms with Crippen molar-refractivity contribution in [1.82, 2.24) is 0 Å². The van der Waals surface area contributed by atoms with Crippen molar-refractivity contribution in [2.75, 3.05) is 7.11 Å². The number of nitro groups is 1. The van der Waals surface area contributed by atoms with Crippen molar-refractivity contribution < 1.29 is 19.3 Å². The summed E-state index contributed by atoms with van der Waals surface area (Å²) in [4.78, 5) is 27.6. The lowest BCUT2D eigenvalue weighted by Gasteiger charge is -2.06. The maximum absolute atomic E-state index is 10.9. The highest BCUT2D eigenvalue weighted by Crippen LogP contribution is 2.35. The molecule has 0 bridgehead atoms. The largest absolute Gasteiger partial charge is 0.490 e.